The summed E-state index contributed by atoms with van der Waals surface area (Å²) in [7, 11) is 1.22. The average molecular weight is 372 g/mol. The molecule has 2 N–H and O–H groups in total. The molecule has 1 amide bonds. The van der Waals surface area contributed by atoms with Gasteiger partial charge in [-0.15, -0.1) is 0 Å². The molecule has 2 aromatic rings. The van der Waals surface area contributed by atoms with Crippen LogP contribution in [-0.2, 0) is 19.7 Å². The molecule has 1 saturated carbocycles. The number of ether oxygens (including phenoxy) is 2. The van der Waals surface area contributed by atoms with Gasteiger partial charge in [0.05, 0.1) is 24.0 Å². The van der Waals surface area contributed by atoms with Crippen molar-refractivity contribution >= 4 is 17.6 Å². The molecule has 140 valence electrons. The normalized spacial score (nSPS) is 20.4. The summed E-state index contributed by atoms with van der Waals surface area (Å²) in [6, 6.07) is 12.2. The second kappa shape index (κ2) is 7.04. The smallest absolute Gasteiger partial charge is 0.317 e. The van der Waals surface area contributed by atoms with E-state index in [4.69, 9.17) is 14.7 Å². The van der Waals surface area contributed by atoms with Crippen molar-refractivity contribution in [2.45, 2.75) is 11.8 Å². The first-order valence-electron chi connectivity index (χ1n) is 7.97. The lowest BCUT2D eigenvalue weighted by Crippen LogP contribution is -2.31. The zero-order valence-electron chi connectivity index (χ0n) is 14.2. The molecule has 27 heavy (non-hydrogen) atoms. The highest BCUT2D eigenvalue weighted by Crippen LogP contribution is 2.55. The van der Waals surface area contributed by atoms with Crippen LogP contribution in [-0.4, -0.2) is 29.1 Å². The van der Waals surface area contributed by atoms with Crippen LogP contribution in [0.1, 0.15) is 12.0 Å². The Morgan fingerprint density at radius 2 is 1.89 bits per heavy atom. The molecule has 0 radical (unpaired) electrons. The summed E-state index contributed by atoms with van der Waals surface area (Å²) in [5.74, 6) is -1.43. The van der Waals surface area contributed by atoms with Crippen LogP contribution in [0.5, 0.6) is 11.5 Å². The Balaban J connectivity index is 1.91. The number of hydrogen-bond donors (Lipinski definition) is 2. The van der Waals surface area contributed by atoms with Gasteiger partial charge in [0.2, 0.25) is 5.91 Å². The molecule has 1 aliphatic rings. The van der Waals surface area contributed by atoms with Gasteiger partial charge in [0, 0.05) is 6.07 Å². The molecule has 1 aliphatic carbocycles. The predicted molar refractivity (Wildman–Crippen MR) is 91.3 cm³/mol. The number of carbonyl (C=O) groups excluding carboxylic acids is 2. The van der Waals surface area contributed by atoms with Gasteiger partial charge in [-0.1, -0.05) is 18.2 Å². The van der Waals surface area contributed by atoms with E-state index in [1.165, 1.54) is 25.3 Å². The first kappa shape index (κ1) is 18.3. The monoisotopic (exact) mass is 372 g/mol. The summed E-state index contributed by atoms with van der Waals surface area (Å²) in [5.41, 5.74) is 0.732. The Labute approximate surface area is 153 Å². The Hall–Kier alpha value is -3.46. The van der Waals surface area contributed by atoms with Gasteiger partial charge in [-0.05, 0) is 30.2 Å². The van der Waals surface area contributed by atoms with Crippen molar-refractivity contribution < 1.29 is 29.2 Å². The van der Waals surface area contributed by atoms with Crippen molar-refractivity contribution in [2.24, 2.45) is 5.92 Å². The number of nitrogens with one attached hydrogen (secondary N) is 1. The summed E-state index contributed by atoms with van der Waals surface area (Å²) in [4.78, 5) is 34.5. The molecule has 2 aromatic carbocycles. The molecule has 9 nitrogen and oxygen atoms in total. The lowest BCUT2D eigenvalue weighted by Gasteiger charge is -2.16. The number of hydrogen-bond acceptors (Lipinski definition) is 7. The number of carbonyl (C=O) groups is 2. The number of non-ortho nitro benzene ring substituents is 1. The molecule has 9 heteroatoms. The largest absolute Gasteiger partial charge is 0.468 e. The Kier molecular flexibility index (Phi) is 4.78. The van der Waals surface area contributed by atoms with E-state index in [1.807, 2.05) is 0 Å². The van der Waals surface area contributed by atoms with Crippen LogP contribution in [0.2, 0.25) is 0 Å². The van der Waals surface area contributed by atoms with Gasteiger partial charge in [-0.3, -0.25) is 24.9 Å². The van der Waals surface area contributed by atoms with Gasteiger partial charge < -0.3 is 9.47 Å². The molecule has 1 fully saturated rings. The number of nitrogens with zero attached hydrogens (tertiary/aromatic N) is 1. The maximum Gasteiger partial charge on any atom is 0.317 e. The number of methoxy groups -OCH3 is 1. The molecule has 2 atom stereocenters. The minimum Gasteiger partial charge on any atom is -0.468 e. The van der Waals surface area contributed by atoms with Crippen LogP contribution >= 0.6 is 0 Å². The quantitative estimate of drug-likeness (QED) is 0.345. The molecule has 2 unspecified atom stereocenters. The SMILES string of the molecule is COC(=O)C1(c2cccc(Oc3cccc([N+](=O)[O-])c3)c2)CC1C(=O)NO. The van der Waals surface area contributed by atoms with E-state index in [1.54, 1.807) is 35.8 Å². The predicted octanol–water partition coefficient (Wildman–Crippen LogP) is 2.32. The number of amides is 1. The van der Waals surface area contributed by atoms with Crippen LogP contribution < -0.4 is 10.2 Å². The standard InChI is InChI=1S/C18H16N2O7/c1-26-17(22)18(10-15(18)16(21)19-23)11-4-2-6-13(8-11)27-14-7-3-5-12(9-14)20(24)25/h2-9,15,23H,10H2,1H3,(H,19,21). The van der Waals surface area contributed by atoms with Crippen LogP contribution in [0.15, 0.2) is 48.5 Å². The van der Waals surface area contributed by atoms with Gasteiger partial charge in [-0.2, -0.15) is 0 Å². The molecule has 0 bridgehead atoms. The lowest BCUT2D eigenvalue weighted by molar-refractivity contribution is -0.384. The van der Waals surface area contributed by atoms with E-state index in [9.17, 15) is 19.7 Å². The topological polar surface area (TPSA) is 128 Å². The zero-order chi connectivity index (χ0) is 19.6. The highest BCUT2D eigenvalue weighted by Gasteiger charge is 2.65. The second-order valence-corrected chi connectivity index (χ2v) is 6.08. The molecule has 0 aliphatic heterocycles. The fourth-order valence-electron chi connectivity index (χ4n) is 3.14. The van der Waals surface area contributed by atoms with Crippen molar-refractivity contribution in [3.63, 3.8) is 0 Å². The molecular formula is C18H16N2O7. The third-order valence-electron chi connectivity index (χ3n) is 4.55. The Morgan fingerprint density at radius 1 is 1.22 bits per heavy atom. The summed E-state index contributed by atoms with van der Waals surface area (Å²) in [6.07, 6.45) is 0.187. The van der Waals surface area contributed by atoms with E-state index in [2.05, 4.69) is 0 Å². The number of nitro groups is 1. The van der Waals surface area contributed by atoms with Crippen molar-refractivity contribution in [3.05, 3.63) is 64.2 Å². The van der Waals surface area contributed by atoms with Gasteiger partial charge in [-0.25, -0.2) is 5.48 Å². The van der Waals surface area contributed by atoms with Gasteiger partial charge in [0.15, 0.2) is 0 Å². The molecule has 3 rings (SSSR count). The second-order valence-electron chi connectivity index (χ2n) is 6.08. The van der Waals surface area contributed by atoms with E-state index >= 15 is 0 Å². The number of rotatable bonds is 6. The summed E-state index contributed by atoms with van der Waals surface area (Å²) >= 11 is 0. The fourth-order valence-corrected chi connectivity index (χ4v) is 3.14. The number of hydroxylamine groups is 1. The summed E-state index contributed by atoms with van der Waals surface area (Å²) < 4.78 is 10.5. The van der Waals surface area contributed by atoms with Crippen molar-refractivity contribution in [1.29, 1.82) is 0 Å². The highest BCUT2D eigenvalue weighted by atomic mass is 16.6. The van der Waals surface area contributed by atoms with Crippen LogP contribution in [0.4, 0.5) is 5.69 Å². The minimum absolute atomic E-state index is 0.114. The maximum absolute atomic E-state index is 12.3. The van der Waals surface area contributed by atoms with Gasteiger partial charge in [0.1, 0.15) is 16.9 Å². The average Bonchev–Trinajstić information content (AvgIpc) is 3.44. The summed E-state index contributed by atoms with van der Waals surface area (Å²) in [5, 5.41) is 19.7. The third kappa shape index (κ3) is 3.32. The lowest BCUT2D eigenvalue weighted by atomic mass is 9.92. The molecule has 0 heterocycles. The maximum atomic E-state index is 12.3. The van der Waals surface area contributed by atoms with E-state index in [-0.39, 0.29) is 17.9 Å². The van der Waals surface area contributed by atoms with Crippen LogP contribution in [0, 0.1) is 16.0 Å². The fraction of sp³-hybridized carbons (Fsp3) is 0.222. The first-order valence-corrected chi connectivity index (χ1v) is 7.97. The van der Waals surface area contributed by atoms with Crippen molar-refractivity contribution in [2.75, 3.05) is 7.11 Å². The number of benzene rings is 2. The van der Waals surface area contributed by atoms with Crippen molar-refractivity contribution in [3.8, 4) is 11.5 Å². The Bertz CT molecular complexity index is 914. The van der Waals surface area contributed by atoms with Crippen LogP contribution in [0.3, 0.4) is 0 Å². The Morgan fingerprint density at radius 3 is 2.52 bits per heavy atom. The first-order chi connectivity index (χ1) is 12.9. The van der Waals surface area contributed by atoms with Crippen molar-refractivity contribution in [1.82, 2.24) is 5.48 Å². The molecule has 0 saturated heterocycles. The number of esters is 1. The summed E-state index contributed by atoms with van der Waals surface area (Å²) in [6.45, 7) is 0. The van der Waals surface area contributed by atoms with E-state index in [0.717, 1.165) is 0 Å². The minimum atomic E-state index is -1.20. The van der Waals surface area contributed by atoms with E-state index < -0.39 is 28.1 Å². The van der Waals surface area contributed by atoms with Crippen LogP contribution in [0.25, 0.3) is 0 Å². The van der Waals surface area contributed by atoms with E-state index in [0.29, 0.717) is 11.3 Å². The highest BCUT2D eigenvalue weighted by molar-refractivity contribution is 5.97. The van der Waals surface area contributed by atoms with Gasteiger partial charge in [0.25, 0.3) is 5.69 Å². The molecule has 0 aromatic heterocycles. The zero-order valence-corrected chi connectivity index (χ0v) is 14.2. The molecular weight excluding hydrogens is 356 g/mol. The van der Waals surface area contributed by atoms with Gasteiger partial charge >= 0.3 is 5.97 Å². The number of nitro benzene ring substituents is 1. The third-order valence-corrected chi connectivity index (χ3v) is 4.55. The molecule has 0 spiro atoms.